The summed E-state index contributed by atoms with van der Waals surface area (Å²) in [4.78, 5) is 23.5. The molecule has 0 aromatic heterocycles. The fourth-order valence-electron chi connectivity index (χ4n) is 2.53. The molecule has 0 radical (unpaired) electrons. The first-order chi connectivity index (χ1) is 10.1. The molecule has 1 aliphatic carbocycles. The molecule has 6 nitrogen and oxygen atoms in total. The maximum Gasteiger partial charge on any atom is 0.407 e. The van der Waals surface area contributed by atoms with Gasteiger partial charge in [-0.25, -0.2) is 4.79 Å². The second-order valence-corrected chi connectivity index (χ2v) is 7.47. The van der Waals surface area contributed by atoms with Crippen LogP contribution in [0, 0.1) is 5.92 Å². The van der Waals surface area contributed by atoms with Gasteiger partial charge in [0.05, 0.1) is 6.04 Å². The molecule has 0 heterocycles. The Kier molecular flexibility index (Phi) is 6.66. The summed E-state index contributed by atoms with van der Waals surface area (Å²) in [6.45, 7) is 9.74. The molecule has 1 fully saturated rings. The first kappa shape index (κ1) is 18.7. The van der Waals surface area contributed by atoms with E-state index in [9.17, 15) is 9.59 Å². The number of amides is 2. The largest absolute Gasteiger partial charge is 0.444 e. The highest BCUT2D eigenvalue weighted by atomic mass is 16.6. The summed E-state index contributed by atoms with van der Waals surface area (Å²) < 4.78 is 5.23. The summed E-state index contributed by atoms with van der Waals surface area (Å²) in [6.07, 6.45) is 2.08. The molecule has 0 aromatic rings. The van der Waals surface area contributed by atoms with Crippen molar-refractivity contribution in [3.05, 3.63) is 0 Å². The summed E-state index contributed by atoms with van der Waals surface area (Å²) in [5.74, 6) is 0.475. The molecule has 1 aliphatic rings. The number of hydrogen-bond donors (Lipinski definition) is 3. The van der Waals surface area contributed by atoms with E-state index in [1.165, 1.54) is 0 Å². The third-order valence-electron chi connectivity index (χ3n) is 3.57. The Balaban J connectivity index is 2.34. The molecular weight excluding hydrogens is 282 g/mol. The number of hydrogen-bond acceptors (Lipinski definition) is 4. The predicted octanol–water partition coefficient (Wildman–Crippen LogP) is 1.79. The molecule has 128 valence electrons. The first-order valence-corrected chi connectivity index (χ1v) is 8.08. The fraction of sp³-hybridized carbons (Fsp3) is 0.875. The number of carbonyl (C=O) groups is 2. The molecule has 2 amide bonds. The van der Waals surface area contributed by atoms with Gasteiger partial charge in [-0.3, -0.25) is 4.79 Å². The first-order valence-electron chi connectivity index (χ1n) is 8.08. The Labute approximate surface area is 133 Å². The van der Waals surface area contributed by atoms with Crippen molar-refractivity contribution in [3.8, 4) is 0 Å². The zero-order valence-corrected chi connectivity index (χ0v) is 14.7. The lowest BCUT2D eigenvalue weighted by molar-refractivity contribution is -0.123. The van der Waals surface area contributed by atoms with Gasteiger partial charge in [0.25, 0.3) is 0 Å². The van der Waals surface area contributed by atoms with Crippen LogP contribution in [0.2, 0.25) is 0 Å². The van der Waals surface area contributed by atoms with Gasteiger partial charge in [-0.15, -0.1) is 0 Å². The van der Waals surface area contributed by atoms with Gasteiger partial charge in [0.1, 0.15) is 5.60 Å². The SMILES string of the molecule is CNC(=O)C(CC(C)C)NC1CC(NC(=O)OC(C)(C)C)C1. The summed E-state index contributed by atoms with van der Waals surface area (Å²) in [5, 5.41) is 8.94. The van der Waals surface area contributed by atoms with E-state index in [0.29, 0.717) is 5.92 Å². The van der Waals surface area contributed by atoms with Crippen LogP contribution >= 0.6 is 0 Å². The fourth-order valence-corrected chi connectivity index (χ4v) is 2.53. The quantitative estimate of drug-likeness (QED) is 0.698. The highest BCUT2D eigenvalue weighted by molar-refractivity contribution is 5.81. The van der Waals surface area contributed by atoms with Gasteiger partial charge >= 0.3 is 6.09 Å². The van der Waals surface area contributed by atoms with Crippen LogP contribution in [0.5, 0.6) is 0 Å². The molecule has 0 bridgehead atoms. The van der Waals surface area contributed by atoms with E-state index in [-0.39, 0.29) is 30.1 Å². The van der Waals surface area contributed by atoms with Crippen molar-refractivity contribution < 1.29 is 14.3 Å². The zero-order valence-electron chi connectivity index (χ0n) is 14.7. The Morgan fingerprint density at radius 3 is 2.23 bits per heavy atom. The molecule has 1 unspecified atom stereocenters. The molecule has 3 N–H and O–H groups in total. The zero-order chi connectivity index (χ0) is 16.9. The number of carbonyl (C=O) groups excluding carboxylic acids is 2. The average Bonchev–Trinajstić information content (AvgIpc) is 2.31. The van der Waals surface area contributed by atoms with Crippen LogP contribution in [0.15, 0.2) is 0 Å². The van der Waals surface area contributed by atoms with E-state index in [2.05, 4.69) is 29.8 Å². The number of rotatable bonds is 6. The molecule has 6 heteroatoms. The highest BCUT2D eigenvalue weighted by Gasteiger charge is 2.34. The van der Waals surface area contributed by atoms with Crippen LogP contribution in [0.1, 0.15) is 53.9 Å². The summed E-state index contributed by atoms with van der Waals surface area (Å²) in [5.41, 5.74) is -0.479. The molecule has 0 saturated heterocycles. The van der Waals surface area contributed by atoms with Crippen molar-refractivity contribution in [2.45, 2.75) is 77.6 Å². The normalized spacial score (nSPS) is 22.7. The lowest BCUT2D eigenvalue weighted by Gasteiger charge is -2.38. The Morgan fingerprint density at radius 2 is 1.77 bits per heavy atom. The van der Waals surface area contributed by atoms with Gasteiger partial charge in [-0.05, 0) is 46.0 Å². The minimum absolute atomic E-state index is 0.0252. The van der Waals surface area contributed by atoms with Crippen molar-refractivity contribution in [2.75, 3.05) is 7.05 Å². The van der Waals surface area contributed by atoms with Crippen molar-refractivity contribution in [3.63, 3.8) is 0 Å². The van der Waals surface area contributed by atoms with Gasteiger partial charge in [0.15, 0.2) is 0 Å². The molecule has 0 aliphatic heterocycles. The van der Waals surface area contributed by atoms with E-state index < -0.39 is 5.60 Å². The molecule has 22 heavy (non-hydrogen) atoms. The monoisotopic (exact) mass is 313 g/mol. The Bertz CT molecular complexity index is 385. The Morgan fingerprint density at radius 1 is 1.18 bits per heavy atom. The minimum Gasteiger partial charge on any atom is -0.444 e. The van der Waals surface area contributed by atoms with Gasteiger partial charge in [-0.2, -0.15) is 0 Å². The van der Waals surface area contributed by atoms with Crippen molar-refractivity contribution >= 4 is 12.0 Å². The third kappa shape index (κ3) is 6.64. The van der Waals surface area contributed by atoms with E-state index in [0.717, 1.165) is 19.3 Å². The summed E-state index contributed by atoms with van der Waals surface area (Å²) in [6, 6.07) is 0.218. The number of nitrogens with one attached hydrogen (secondary N) is 3. The molecule has 0 aromatic carbocycles. The average molecular weight is 313 g/mol. The van der Waals surface area contributed by atoms with Crippen LogP contribution in [-0.4, -0.2) is 42.8 Å². The van der Waals surface area contributed by atoms with E-state index in [1.807, 2.05) is 20.8 Å². The Hall–Kier alpha value is -1.30. The van der Waals surface area contributed by atoms with E-state index in [1.54, 1.807) is 7.05 Å². The van der Waals surface area contributed by atoms with Crippen LogP contribution in [0.4, 0.5) is 4.79 Å². The van der Waals surface area contributed by atoms with Crippen LogP contribution in [-0.2, 0) is 9.53 Å². The summed E-state index contributed by atoms with van der Waals surface area (Å²) in [7, 11) is 1.66. The maximum atomic E-state index is 11.9. The van der Waals surface area contributed by atoms with Crippen LogP contribution in [0.3, 0.4) is 0 Å². The highest BCUT2D eigenvalue weighted by Crippen LogP contribution is 2.22. The predicted molar refractivity (Wildman–Crippen MR) is 86.6 cm³/mol. The van der Waals surface area contributed by atoms with Crippen LogP contribution in [0.25, 0.3) is 0 Å². The van der Waals surface area contributed by atoms with Gasteiger partial charge in [-0.1, -0.05) is 13.8 Å². The summed E-state index contributed by atoms with van der Waals surface area (Å²) >= 11 is 0. The van der Waals surface area contributed by atoms with Crippen molar-refractivity contribution in [1.82, 2.24) is 16.0 Å². The lowest BCUT2D eigenvalue weighted by atomic mass is 9.85. The molecule has 1 atom stereocenters. The number of alkyl carbamates (subject to hydrolysis) is 1. The van der Waals surface area contributed by atoms with Crippen LogP contribution < -0.4 is 16.0 Å². The van der Waals surface area contributed by atoms with E-state index >= 15 is 0 Å². The van der Waals surface area contributed by atoms with Gasteiger partial charge in [0.2, 0.25) is 5.91 Å². The maximum absolute atomic E-state index is 11.9. The smallest absolute Gasteiger partial charge is 0.407 e. The topological polar surface area (TPSA) is 79.5 Å². The lowest BCUT2D eigenvalue weighted by Crippen LogP contribution is -2.57. The molecule has 0 spiro atoms. The van der Waals surface area contributed by atoms with Gasteiger partial charge in [0, 0.05) is 19.1 Å². The van der Waals surface area contributed by atoms with E-state index in [4.69, 9.17) is 4.74 Å². The number of likely N-dealkylation sites (N-methyl/N-ethyl adjacent to an activating group) is 1. The number of ether oxygens (including phenoxy) is 1. The molecular formula is C16H31N3O3. The van der Waals surface area contributed by atoms with Crippen molar-refractivity contribution in [2.24, 2.45) is 5.92 Å². The third-order valence-corrected chi connectivity index (χ3v) is 3.57. The second kappa shape index (κ2) is 7.81. The standard InChI is InChI=1S/C16H31N3O3/c1-10(2)7-13(14(20)17-6)18-11-8-12(9-11)19-15(21)22-16(3,4)5/h10-13,18H,7-9H2,1-6H3,(H,17,20)(H,19,21). The van der Waals surface area contributed by atoms with Crippen molar-refractivity contribution in [1.29, 1.82) is 0 Å². The minimum atomic E-state index is -0.479. The molecule has 1 rings (SSSR count). The van der Waals surface area contributed by atoms with Gasteiger partial charge < -0.3 is 20.7 Å². The molecule has 1 saturated carbocycles. The second-order valence-electron chi connectivity index (χ2n) is 7.47.